The van der Waals surface area contributed by atoms with Gasteiger partial charge in [0.1, 0.15) is 11.6 Å². The summed E-state index contributed by atoms with van der Waals surface area (Å²) in [5.41, 5.74) is 5.93. The lowest BCUT2D eigenvalue weighted by molar-refractivity contribution is 0.0697. The van der Waals surface area contributed by atoms with Gasteiger partial charge in [0.05, 0.1) is 5.56 Å². The fourth-order valence-electron chi connectivity index (χ4n) is 3.17. The topological polar surface area (TPSA) is 82.7 Å². The van der Waals surface area contributed by atoms with Gasteiger partial charge in [-0.05, 0) is 31.0 Å². The lowest BCUT2D eigenvalue weighted by Gasteiger charge is -2.37. The highest BCUT2D eigenvalue weighted by Gasteiger charge is 2.22. The molecule has 22 heavy (non-hydrogen) atoms. The van der Waals surface area contributed by atoms with E-state index in [9.17, 15) is 4.79 Å². The number of anilines is 2. The maximum atomic E-state index is 11.1. The lowest BCUT2D eigenvalue weighted by Crippen LogP contribution is -2.47. The molecule has 1 saturated heterocycles. The number of carboxylic acids is 1. The SMILES string of the molecule is Nc1cc(C(=O)O)cc(N2CCN(CCC3CCC3)CC2)n1. The lowest BCUT2D eigenvalue weighted by atomic mass is 9.83. The number of hydrogen-bond acceptors (Lipinski definition) is 5. The number of rotatable bonds is 5. The number of pyridine rings is 1. The Kier molecular flexibility index (Phi) is 4.47. The number of nitrogens with zero attached hydrogens (tertiary/aromatic N) is 3. The molecule has 0 amide bonds. The summed E-state index contributed by atoms with van der Waals surface area (Å²) in [6, 6.07) is 3.02. The van der Waals surface area contributed by atoms with E-state index in [0.717, 1.165) is 32.1 Å². The van der Waals surface area contributed by atoms with E-state index in [4.69, 9.17) is 10.8 Å². The molecule has 0 radical (unpaired) electrons. The smallest absolute Gasteiger partial charge is 0.335 e. The number of piperazine rings is 1. The Labute approximate surface area is 130 Å². The minimum absolute atomic E-state index is 0.204. The van der Waals surface area contributed by atoms with Crippen molar-refractivity contribution >= 4 is 17.6 Å². The number of nitrogens with two attached hydrogens (primary N) is 1. The average molecular weight is 304 g/mol. The van der Waals surface area contributed by atoms with Crippen LogP contribution in [0.2, 0.25) is 0 Å². The Morgan fingerprint density at radius 2 is 2.00 bits per heavy atom. The Morgan fingerprint density at radius 1 is 1.27 bits per heavy atom. The van der Waals surface area contributed by atoms with Gasteiger partial charge < -0.3 is 15.7 Å². The largest absolute Gasteiger partial charge is 0.478 e. The van der Waals surface area contributed by atoms with E-state index in [2.05, 4.69) is 14.8 Å². The van der Waals surface area contributed by atoms with Gasteiger partial charge in [-0.25, -0.2) is 9.78 Å². The third-order valence-electron chi connectivity index (χ3n) is 4.85. The van der Waals surface area contributed by atoms with Crippen LogP contribution in [0.25, 0.3) is 0 Å². The Hall–Kier alpha value is -1.82. The number of aromatic carboxylic acids is 1. The van der Waals surface area contributed by atoms with Crippen LogP contribution in [-0.4, -0.2) is 53.7 Å². The van der Waals surface area contributed by atoms with Crippen LogP contribution >= 0.6 is 0 Å². The van der Waals surface area contributed by atoms with Crippen LogP contribution in [0.4, 0.5) is 11.6 Å². The monoisotopic (exact) mass is 304 g/mol. The summed E-state index contributed by atoms with van der Waals surface area (Å²) < 4.78 is 0. The number of carboxylic acid groups (broad SMARTS) is 1. The van der Waals surface area contributed by atoms with Gasteiger partial charge in [-0.3, -0.25) is 4.90 Å². The molecule has 0 atom stereocenters. The molecule has 6 nitrogen and oxygen atoms in total. The first-order valence-corrected chi connectivity index (χ1v) is 8.10. The quantitative estimate of drug-likeness (QED) is 0.861. The van der Waals surface area contributed by atoms with Crippen molar-refractivity contribution in [2.75, 3.05) is 43.4 Å². The minimum atomic E-state index is -0.963. The molecule has 2 fully saturated rings. The fourth-order valence-corrected chi connectivity index (χ4v) is 3.17. The molecular formula is C16H24N4O2. The van der Waals surface area contributed by atoms with E-state index >= 15 is 0 Å². The van der Waals surface area contributed by atoms with Crippen molar-refractivity contribution < 1.29 is 9.90 Å². The molecule has 0 spiro atoms. The molecule has 6 heteroatoms. The number of nitrogen functional groups attached to an aromatic ring is 1. The van der Waals surface area contributed by atoms with Crippen molar-refractivity contribution in [2.24, 2.45) is 5.92 Å². The van der Waals surface area contributed by atoms with Crippen LogP contribution in [0, 0.1) is 5.92 Å². The molecule has 1 saturated carbocycles. The maximum absolute atomic E-state index is 11.1. The number of hydrogen-bond donors (Lipinski definition) is 2. The third kappa shape index (κ3) is 3.50. The summed E-state index contributed by atoms with van der Waals surface area (Å²) in [7, 11) is 0. The Morgan fingerprint density at radius 3 is 2.59 bits per heavy atom. The highest BCUT2D eigenvalue weighted by atomic mass is 16.4. The van der Waals surface area contributed by atoms with Gasteiger partial charge in [0.15, 0.2) is 0 Å². The molecule has 1 aromatic heterocycles. The van der Waals surface area contributed by atoms with Crippen molar-refractivity contribution in [3.8, 4) is 0 Å². The zero-order valence-electron chi connectivity index (χ0n) is 12.9. The fraction of sp³-hybridized carbons (Fsp3) is 0.625. The molecule has 3 rings (SSSR count). The van der Waals surface area contributed by atoms with Crippen molar-refractivity contribution in [3.63, 3.8) is 0 Å². The second-order valence-corrected chi connectivity index (χ2v) is 6.36. The highest BCUT2D eigenvalue weighted by molar-refractivity contribution is 5.89. The van der Waals surface area contributed by atoms with Crippen LogP contribution in [0.3, 0.4) is 0 Å². The van der Waals surface area contributed by atoms with Crippen molar-refractivity contribution in [3.05, 3.63) is 17.7 Å². The van der Waals surface area contributed by atoms with Gasteiger partial charge in [0.2, 0.25) is 0 Å². The molecule has 1 aliphatic heterocycles. The third-order valence-corrected chi connectivity index (χ3v) is 4.85. The van der Waals surface area contributed by atoms with Crippen LogP contribution < -0.4 is 10.6 Å². The normalized spacial score (nSPS) is 19.9. The predicted molar refractivity (Wildman–Crippen MR) is 86.2 cm³/mol. The number of carbonyl (C=O) groups is 1. The zero-order valence-corrected chi connectivity index (χ0v) is 12.9. The number of aromatic nitrogens is 1. The van der Waals surface area contributed by atoms with Gasteiger partial charge in [0.25, 0.3) is 0 Å². The van der Waals surface area contributed by atoms with E-state index in [-0.39, 0.29) is 11.4 Å². The van der Waals surface area contributed by atoms with E-state index in [1.54, 1.807) is 6.07 Å². The molecule has 1 aromatic rings. The summed E-state index contributed by atoms with van der Waals surface area (Å²) in [6.07, 6.45) is 5.54. The van der Waals surface area contributed by atoms with Gasteiger partial charge in [-0.2, -0.15) is 0 Å². The van der Waals surface area contributed by atoms with Crippen molar-refractivity contribution in [2.45, 2.75) is 25.7 Å². The summed E-state index contributed by atoms with van der Waals surface area (Å²) >= 11 is 0. The zero-order chi connectivity index (χ0) is 15.5. The van der Waals surface area contributed by atoms with Crippen molar-refractivity contribution in [1.29, 1.82) is 0 Å². The molecule has 0 unspecified atom stereocenters. The van der Waals surface area contributed by atoms with Gasteiger partial charge in [0, 0.05) is 26.2 Å². The van der Waals surface area contributed by atoms with Crippen LogP contribution in [-0.2, 0) is 0 Å². The van der Waals surface area contributed by atoms with Gasteiger partial charge in [-0.1, -0.05) is 19.3 Å². The molecular weight excluding hydrogens is 280 g/mol. The second kappa shape index (κ2) is 6.52. The van der Waals surface area contributed by atoms with E-state index < -0.39 is 5.97 Å². The minimum Gasteiger partial charge on any atom is -0.478 e. The summed E-state index contributed by atoms with van der Waals surface area (Å²) in [6.45, 7) is 4.95. The molecule has 0 aromatic carbocycles. The molecule has 1 aliphatic carbocycles. The van der Waals surface area contributed by atoms with E-state index in [1.807, 2.05) is 0 Å². The molecule has 120 valence electrons. The maximum Gasteiger partial charge on any atom is 0.335 e. The molecule has 0 bridgehead atoms. The molecule has 2 aliphatic rings. The second-order valence-electron chi connectivity index (χ2n) is 6.36. The first-order chi connectivity index (χ1) is 10.6. The summed E-state index contributed by atoms with van der Waals surface area (Å²) in [4.78, 5) is 20.0. The van der Waals surface area contributed by atoms with E-state index in [1.165, 1.54) is 38.3 Å². The van der Waals surface area contributed by atoms with Crippen LogP contribution in [0.15, 0.2) is 12.1 Å². The molecule has 3 N–H and O–H groups in total. The van der Waals surface area contributed by atoms with Crippen LogP contribution in [0.5, 0.6) is 0 Å². The first-order valence-electron chi connectivity index (χ1n) is 8.10. The van der Waals surface area contributed by atoms with Gasteiger partial charge in [-0.15, -0.1) is 0 Å². The Bertz CT molecular complexity index is 537. The van der Waals surface area contributed by atoms with Gasteiger partial charge >= 0.3 is 5.97 Å². The summed E-state index contributed by atoms with van der Waals surface area (Å²) in [5, 5.41) is 9.11. The van der Waals surface area contributed by atoms with Crippen molar-refractivity contribution in [1.82, 2.24) is 9.88 Å². The Balaban J connectivity index is 1.55. The van der Waals surface area contributed by atoms with Crippen LogP contribution in [0.1, 0.15) is 36.0 Å². The summed E-state index contributed by atoms with van der Waals surface area (Å²) in [5.74, 6) is 0.930. The highest BCUT2D eigenvalue weighted by Crippen LogP contribution is 2.29. The standard InChI is InChI=1S/C16H24N4O2/c17-14-10-13(16(21)22)11-15(18-14)20-8-6-19(7-9-20)5-4-12-2-1-3-12/h10-12H,1-9H2,(H2,17,18)(H,21,22). The molecule has 2 heterocycles. The average Bonchev–Trinajstić information content (AvgIpc) is 2.45. The predicted octanol–water partition coefficient (Wildman–Crippen LogP) is 1.67. The first kappa shape index (κ1) is 15.1. The van der Waals surface area contributed by atoms with E-state index in [0.29, 0.717) is 5.82 Å².